The molecule has 1 N–H and O–H groups in total. The Kier molecular flexibility index (Phi) is 13.2. The summed E-state index contributed by atoms with van der Waals surface area (Å²) in [7, 11) is 0. The molecule has 0 aliphatic heterocycles. The van der Waals surface area contributed by atoms with Crippen molar-refractivity contribution in [2.75, 3.05) is 6.54 Å². The molecule has 1 heteroatoms. The molecular weight excluding hydrogens is 266 g/mol. The fourth-order valence-corrected chi connectivity index (χ4v) is 2.92. The van der Waals surface area contributed by atoms with Crippen molar-refractivity contribution in [1.82, 2.24) is 5.32 Å². The lowest BCUT2D eigenvalue weighted by Gasteiger charge is -2.05. The van der Waals surface area contributed by atoms with Crippen molar-refractivity contribution in [1.29, 1.82) is 0 Å². The maximum Gasteiger partial charge on any atom is 0.0205 e. The van der Waals surface area contributed by atoms with Crippen LogP contribution in [0.1, 0.15) is 89.5 Å². The quantitative estimate of drug-likeness (QED) is 0.366. The zero-order valence-corrected chi connectivity index (χ0v) is 14.8. The molecule has 1 rings (SSSR count). The van der Waals surface area contributed by atoms with Gasteiger partial charge in [-0.3, -0.25) is 0 Å². The Morgan fingerprint density at radius 2 is 1.14 bits per heavy atom. The third kappa shape index (κ3) is 11.8. The van der Waals surface area contributed by atoms with Crippen molar-refractivity contribution in [3.8, 4) is 0 Å². The van der Waals surface area contributed by atoms with Gasteiger partial charge in [0.05, 0.1) is 0 Å². The van der Waals surface area contributed by atoms with Crippen LogP contribution in [0.4, 0.5) is 0 Å². The van der Waals surface area contributed by atoms with Gasteiger partial charge in [-0.2, -0.15) is 0 Å². The minimum absolute atomic E-state index is 1.01. The Hall–Kier alpha value is -0.820. The number of benzene rings is 1. The highest BCUT2D eigenvalue weighted by Crippen LogP contribution is 2.11. The van der Waals surface area contributed by atoms with Gasteiger partial charge in [0.2, 0.25) is 0 Å². The van der Waals surface area contributed by atoms with E-state index in [9.17, 15) is 0 Å². The van der Waals surface area contributed by atoms with E-state index in [2.05, 4.69) is 42.6 Å². The molecule has 0 heterocycles. The molecule has 0 spiro atoms. The van der Waals surface area contributed by atoms with Crippen LogP contribution in [0.2, 0.25) is 0 Å². The molecule has 0 unspecified atom stereocenters. The van der Waals surface area contributed by atoms with Crippen LogP contribution in [0.5, 0.6) is 0 Å². The second-order valence-electron chi connectivity index (χ2n) is 6.55. The molecule has 0 aromatic heterocycles. The number of rotatable bonds is 15. The Bertz CT molecular complexity index is 320. The Morgan fingerprint density at radius 1 is 0.636 bits per heavy atom. The zero-order chi connectivity index (χ0) is 15.7. The third-order valence-electron chi connectivity index (χ3n) is 4.38. The summed E-state index contributed by atoms with van der Waals surface area (Å²) in [6.07, 6.45) is 17.1. The van der Waals surface area contributed by atoms with E-state index in [1.807, 2.05) is 0 Å². The summed E-state index contributed by atoms with van der Waals surface area (Å²) in [5.41, 5.74) is 1.39. The first-order chi connectivity index (χ1) is 10.9. The largest absolute Gasteiger partial charge is 0.313 e. The van der Waals surface area contributed by atoms with Crippen LogP contribution in [0.3, 0.4) is 0 Å². The van der Waals surface area contributed by atoms with Crippen LogP contribution in [0.25, 0.3) is 0 Å². The van der Waals surface area contributed by atoms with E-state index in [4.69, 9.17) is 0 Å². The molecule has 22 heavy (non-hydrogen) atoms. The Morgan fingerprint density at radius 3 is 1.68 bits per heavy atom. The van der Waals surface area contributed by atoms with Crippen LogP contribution in [-0.2, 0) is 6.54 Å². The van der Waals surface area contributed by atoms with Crippen LogP contribution in [-0.4, -0.2) is 6.54 Å². The average molecular weight is 304 g/mol. The van der Waals surface area contributed by atoms with Gasteiger partial charge in [-0.05, 0) is 18.5 Å². The van der Waals surface area contributed by atoms with Gasteiger partial charge in [-0.1, -0.05) is 108 Å². The third-order valence-corrected chi connectivity index (χ3v) is 4.38. The van der Waals surface area contributed by atoms with Crippen molar-refractivity contribution in [3.05, 3.63) is 35.9 Å². The lowest BCUT2D eigenvalue weighted by atomic mass is 10.1. The summed E-state index contributed by atoms with van der Waals surface area (Å²) in [4.78, 5) is 0. The van der Waals surface area contributed by atoms with E-state index < -0.39 is 0 Å². The molecule has 1 nitrogen and oxygen atoms in total. The minimum Gasteiger partial charge on any atom is -0.313 e. The van der Waals surface area contributed by atoms with Crippen molar-refractivity contribution < 1.29 is 0 Å². The fourth-order valence-electron chi connectivity index (χ4n) is 2.92. The molecule has 1 aromatic carbocycles. The first-order valence-corrected chi connectivity index (χ1v) is 9.68. The summed E-state index contributed by atoms with van der Waals surface area (Å²) >= 11 is 0. The van der Waals surface area contributed by atoms with E-state index in [0.29, 0.717) is 0 Å². The van der Waals surface area contributed by atoms with Gasteiger partial charge in [0.1, 0.15) is 0 Å². The normalized spacial score (nSPS) is 11.0. The first-order valence-electron chi connectivity index (χ1n) is 9.68. The van der Waals surface area contributed by atoms with Crippen LogP contribution >= 0.6 is 0 Å². The lowest BCUT2D eigenvalue weighted by molar-refractivity contribution is 0.535. The number of unbranched alkanes of at least 4 members (excludes halogenated alkanes) is 11. The fraction of sp³-hybridized carbons (Fsp3) is 0.714. The standard InChI is InChI=1S/C21H37N/c1-2-3-4-5-6-7-8-9-10-11-12-16-19-22-20-21-17-14-13-15-18-21/h13-15,17-18,22H,2-12,16,19-20H2,1H3. The van der Waals surface area contributed by atoms with Gasteiger partial charge in [0.15, 0.2) is 0 Å². The number of nitrogens with one attached hydrogen (secondary N) is 1. The Labute approximate surface area is 138 Å². The van der Waals surface area contributed by atoms with E-state index in [1.54, 1.807) is 0 Å². The predicted molar refractivity (Wildman–Crippen MR) is 99.2 cm³/mol. The maximum absolute atomic E-state index is 3.54. The van der Waals surface area contributed by atoms with E-state index in [1.165, 1.54) is 82.6 Å². The monoisotopic (exact) mass is 303 g/mol. The van der Waals surface area contributed by atoms with Crippen LogP contribution in [0, 0.1) is 0 Å². The molecular formula is C21H37N. The van der Waals surface area contributed by atoms with Crippen molar-refractivity contribution in [2.45, 2.75) is 90.5 Å². The molecule has 0 bridgehead atoms. The Balaban J connectivity index is 1.73. The molecule has 0 radical (unpaired) electrons. The molecule has 0 atom stereocenters. The highest BCUT2D eigenvalue weighted by molar-refractivity contribution is 5.14. The smallest absolute Gasteiger partial charge is 0.0205 e. The average Bonchev–Trinajstić information content (AvgIpc) is 2.56. The summed E-state index contributed by atoms with van der Waals surface area (Å²) in [6, 6.07) is 10.7. The van der Waals surface area contributed by atoms with Crippen molar-refractivity contribution in [3.63, 3.8) is 0 Å². The van der Waals surface area contributed by atoms with Gasteiger partial charge < -0.3 is 5.32 Å². The molecule has 0 aliphatic carbocycles. The molecule has 0 saturated heterocycles. The highest BCUT2D eigenvalue weighted by Gasteiger charge is 1.94. The second kappa shape index (κ2) is 15.1. The maximum atomic E-state index is 3.54. The van der Waals surface area contributed by atoms with Gasteiger partial charge in [0.25, 0.3) is 0 Å². The van der Waals surface area contributed by atoms with Gasteiger partial charge in [-0.15, -0.1) is 0 Å². The molecule has 0 amide bonds. The van der Waals surface area contributed by atoms with E-state index in [-0.39, 0.29) is 0 Å². The van der Waals surface area contributed by atoms with E-state index in [0.717, 1.165) is 13.1 Å². The van der Waals surface area contributed by atoms with Crippen molar-refractivity contribution >= 4 is 0 Å². The van der Waals surface area contributed by atoms with E-state index >= 15 is 0 Å². The molecule has 126 valence electrons. The predicted octanol–water partition coefficient (Wildman–Crippen LogP) is 6.48. The molecule has 0 fully saturated rings. The van der Waals surface area contributed by atoms with Crippen LogP contribution in [0.15, 0.2) is 30.3 Å². The molecule has 1 aromatic rings. The summed E-state index contributed by atoms with van der Waals surface area (Å²) in [5.74, 6) is 0. The minimum atomic E-state index is 1.01. The van der Waals surface area contributed by atoms with Gasteiger partial charge in [-0.25, -0.2) is 0 Å². The highest BCUT2D eigenvalue weighted by atomic mass is 14.8. The first kappa shape index (κ1) is 19.2. The van der Waals surface area contributed by atoms with Gasteiger partial charge >= 0.3 is 0 Å². The molecule has 0 aliphatic rings. The SMILES string of the molecule is CCCCCCCCCCCCCCNCc1ccccc1. The number of hydrogen-bond acceptors (Lipinski definition) is 1. The molecule has 0 saturated carbocycles. The summed E-state index contributed by atoms with van der Waals surface area (Å²) < 4.78 is 0. The zero-order valence-electron chi connectivity index (χ0n) is 14.8. The lowest BCUT2D eigenvalue weighted by Crippen LogP contribution is -2.14. The van der Waals surface area contributed by atoms with Crippen LogP contribution < -0.4 is 5.32 Å². The topological polar surface area (TPSA) is 12.0 Å². The summed E-state index contributed by atoms with van der Waals surface area (Å²) in [6.45, 7) is 4.46. The second-order valence-corrected chi connectivity index (χ2v) is 6.55. The number of hydrogen-bond donors (Lipinski definition) is 1. The van der Waals surface area contributed by atoms with Crippen molar-refractivity contribution in [2.24, 2.45) is 0 Å². The summed E-state index contributed by atoms with van der Waals surface area (Å²) in [5, 5.41) is 3.54. The van der Waals surface area contributed by atoms with Gasteiger partial charge in [0, 0.05) is 6.54 Å².